The molecule has 0 spiro atoms. The van der Waals surface area contributed by atoms with Gasteiger partial charge in [0.15, 0.2) is 5.76 Å². The molecular weight excluding hydrogens is 268 g/mol. The highest BCUT2D eigenvalue weighted by Gasteiger charge is 2.10. The van der Waals surface area contributed by atoms with Crippen molar-refractivity contribution in [2.75, 3.05) is 20.8 Å². The normalized spacial score (nSPS) is 10.9. The molecule has 0 aliphatic rings. The molecule has 0 fully saturated rings. The maximum absolute atomic E-state index is 5.77. The van der Waals surface area contributed by atoms with Crippen LogP contribution in [0.15, 0.2) is 28.8 Å². The molecular formula is C16H22N2O3. The number of hydrogen-bond acceptors (Lipinski definition) is 5. The number of nitrogens with zero attached hydrogens (tertiary/aromatic N) is 1. The Balaban J connectivity index is 2.13. The molecule has 5 nitrogen and oxygen atoms in total. The first kappa shape index (κ1) is 15.4. The predicted octanol–water partition coefficient (Wildman–Crippen LogP) is 3.10. The second-order valence-electron chi connectivity index (χ2n) is 5.24. The minimum absolute atomic E-state index is 0.599. The zero-order valence-electron chi connectivity index (χ0n) is 13.0. The third kappa shape index (κ3) is 4.23. The summed E-state index contributed by atoms with van der Waals surface area (Å²) in [6.07, 6.45) is 1.72. The molecule has 0 bridgehead atoms. The van der Waals surface area contributed by atoms with Crippen LogP contribution in [-0.4, -0.2) is 25.7 Å². The van der Waals surface area contributed by atoms with Crippen molar-refractivity contribution >= 4 is 0 Å². The molecule has 0 atom stereocenters. The van der Waals surface area contributed by atoms with E-state index in [1.165, 1.54) is 0 Å². The number of benzene rings is 1. The molecule has 114 valence electrons. The van der Waals surface area contributed by atoms with Gasteiger partial charge in [0.1, 0.15) is 11.5 Å². The molecule has 5 heteroatoms. The highest BCUT2D eigenvalue weighted by atomic mass is 16.5. The fourth-order valence-electron chi connectivity index (χ4n) is 1.94. The standard InChI is InChI=1S/C16H22N2O3/c1-11(2)8-17-10-16-18-9-15(21-16)12-5-13(19-3)7-14(6-12)20-4/h5-7,9,11,17H,8,10H2,1-4H3. The van der Waals surface area contributed by atoms with Crippen molar-refractivity contribution in [3.63, 3.8) is 0 Å². The zero-order chi connectivity index (χ0) is 15.2. The molecule has 2 aromatic rings. The van der Waals surface area contributed by atoms with Crippen LogP contribution in [0.3, 0.4) is 0 Å². The van der Waals surface area contributed by atoms with E-state index in [1.807, 2.05) is 18.2 Å². The van der Waals surface area contributed by atoms with Gasteiger partial charge in [-0.15, -0.1) is 0 Å². The number of methoxy groups -OCH3 is 2. The fraction of sp³-hybridized carbons (Fsp3) is 0.438. The van der Waals surface area contributed by atoms with Gasteiger partial charge in [-0.1, -0.05) is 13.8 Å². The molecule has 0 aliphatic heterocycles. The molecule has 0 amide bonds. The van der Waals surface area contributed by atoms with Crippen molar-refractivity contribution in [1.29, 1.82) is 0 Å². The zero-order valence-corrected chi connectivity index (χ0v) is 13.0. The van der Waals surface area contributed by atoms with E-state index >= 15 is 0 Å². The number of rotatable bonds is 7. The Bertz CT molecular complexity index is 556. The van der Waals surface area contributed by atoms with E-state index < -0.39 is 0 Å². The Labute approximate surface area is 125 Å². The van der Waals surface area contributed by atoms with Crippen LogP contribution in [0.25, 0.3) is 11.3 Å². The van der Waals surface area contributed by atoms with Gasteiger partial charge in [-0.3, -0.25) is 0 Å². The quantitative estimate of drug-likeness (QED) is 0.849. The summed E-state index contributed by atoms with van der Waals surface area (Å²) in [5, 5.41) is 3.31. The first-order chi connectivity index (χ1) is 10.1. The van der Waals surface area contributed by atoms with Gasteiger partial charge in [0.05, 0.1) is 27.0 Å². The van der Waals surface area contributed by atoms with Crippen molar-refractivity contribution < 1.29 is 13.9 Å². The van der Waals surface area contributed by atoms with E-state index in [2.05, 4.69) is 24.1 Å². The van der Waals surface area contributed by atoms with E-state index in [9.17, 15) is 0 Å². The van der Waals surface area contributed by atoms with E-state index in [1.54, 1.807) is 20.4 Å². The second kappa shape index (κ2) is 7.13. The van der Waals surface area contributed by atoms with Crippen LogP contribution in [0.4, 0.5) is 0 Å². The van der Waals surface area contributed by atoms with Crippen molar-refractivity contribution in [2.24, 2.45) is 5.92 Å². The third-order valence-electron chi connectivity index (χ3n) is 3.02. The monoisotopic (exact) mass is 290 g/mol. The summed E-state index contributed by atoms with van der Waals surface area (Å²) in [6.45, 7) is 5.89. The van der Waals surface area contributed by atoms with Gasteiger partial charge < -0.3 is 19.2 Å². The number of hydrogen-bond donors (Lipinski definition) is 1. The predicted molar refractivity (Wildman–Crippen MR) is 81.6 cm³/mol. The van der Waals surface area contributed by atoms with Crippen LogP contribution in [0.1, 0.15) is 19.7 Å². The highest BCUT2D eigenvalue weighted by Crippen LogP contribution is 2.30. The van der Waals surface area contributed by atoms with Crippen LogP contribution in [0.5, 0.6) is 11.5 Å². The topological polar surface area (TPSA) is 56.5 Å². The van der Waals surface area contributed by atoms with Crippen molar-refractivity contribution in [2.45, 2.75) is 20.4 Å². The summed E-state index contributed by atoms with van der Waals surface area (Å²) in [7, 11) is 3.25. The number of aromatic nitrogens is 1. The third-order valence-corrected chi connectivity index (χ3v) is 3.02. The Kier molecular flexibility index (Phi) is 5.22. The lowest BCUT2D eigenvalue weighted by Crippen LogP contribution is -2.18. The van der Waals surface area contributed by atoms with Crippen molar-refractivity contribution in [3.8, 4) is 22.8 Å². The van der Waals surface area contributed by atoms with E-state index in [4.69, 9.17) is 13.9 Å². The maximum atomic E-state index is 5.77. The van der Waals surface area contributed by atoms with E-state index in [0.29, 0.717) is 24.1 Å². The molecule has 0 unspecified atom stereocenters. The Morgan fingerprint density at radius 3 is 2.38 bits per heavy atom. The molecule has 1 N–H and O–H groups in total. The van der Waals surface area contributed by atoms with Crippen molar-refractivity contribution in [3.05, 3.63) is 30.3 Å². The van der Waals surface area contributed by atoms with Gasteiger partial charge in [-0.05, 0) is 24.6 Å². The SMILES string of the molecule is COc1cc(OC)cc(-c2cnc(CNCC(C)C)o2)c1. The lowest BCUT2D eigenvalue weighted by Gasteiger charge is -2.06. The molecule has 1 heterocycles. The summed E-state index contributed by atoms with van der Waals surface area (Å²) >= 11 is 0. The van der Waals surface area contributed by atoms with Gasteiger partial charge in [0.25, 0.3) is 0 Å². The first-order valence-electron chi connectivity index (χ1n) is 7.01. The average Bonchev–Trinajstić information content (AvgIpc) is 2.95. The lowest BCUT2D eigenvalue weighted by atomic mass is 10.1. The Morgan fingerprint density at radius 2 is 1.81 bits per heavy atom. The maximum Gasteiger partial charge on any atom is 0.208 e. The van der Waals surface area contributed by atoms with Crippen LogP contribution >= 0.6 is 0 Å². The number of nitrogens with one attached hydrogen (secondary N) is 1. The van der Waals surface area contributed by atoms with Crippen molar-refractivity contribution in [1.82, 2.24) is 10.3 Å². The molecule has 1 aromatic heterocycles. The number of oxazole rings is 1. The summed E-state index contributed by atoms with van der Waals surface area (Å²) in [4.78, 5) is 4.29. The summed E-state index contributed by atoms with van der Waals surface area (Å²) in [5.74, 6) is 3.42. The average molecular weight is 290 g/mol. The first-order valence-corrected chi connectivity index (χ1v) is 7.01. The molecule has 1 aromatic carbocycles. The van der Waals surface area contributed by atoms with Crippen LogP contribution in [-0.2, 0) is 6.54 Å². The van der Waals surface area contributed by atoms with Crippen LogP contribution < -0.4 is 14.8 Å². The van der Waals surface area contributed by atoms with Gasteiger partial charge in [-0.2, -0.15) is 0 Å². The molecule has 0 radical (unpaired) electrons. The Hall–Kier alpha value is -2.01. The molecule has 0 saturated heterocycles. The molecule has 2 rings (SSSR count). The summed E-state index contributed by atoms with van der Waals surface area (Å²) in [5.41, 5.74) is 0.883. The molecule has 0 saturated carbocycles. The largest absolute Gasteiger partial charge is 0.497 e. The van der Waals surface area contributed by atoms with E-state index in [0.717, 1.165) is 23.6 Å². The summed E-state index contributed by atoms with van der Waals surface area (Å²) in [6, 6.07) is 5.62. The summed E-state index contributed by atoms with van der Waals surface area (Å²) < 4.78 is 16.3. The van der Waals surface area contributed by atoms with Gasteiger partial charge in [-0.25, -0.2) is 4.98 Å². The van der Waals surface area contributed by atoms with Gasteiger partial charge >= 0.3 is 0 Å². The highest BCUT2D eigenvalue weighted by molar-refractivity contribution is 5.61. The van der Waals surface area contributed by atoms with Gasteiger partial charge in [0.2, 0.25) is 5.89 Å². The lowest BCUT2D eigenvalue weighted by molar-refractivity contribution is 0.394. The fourth-order valence-corrected chi connectivity index (χ4v) is 1.94. The number of ether oxygens (including phenoxy) is 2. The Morgan fingerprint density at radius 1 is 1.14 bits per heavy atom. The smallest absolute Gasteiger partial charge is 0.208 e. The van der Waals surface area contributed by atoms with Gasteiger partial charge in [0, 0.05) is 11.6 Å². The second-order valence-corrected chi connectivity index (χ2v) is 5.24. The minimum Gasteiger partial charge on any atom is -0.497 e. The minimum atomic E-state index is 0.599. The molecule has 21 heavy (non-hydrogen) atoms. The van der Waals surface area contributed by atoms with E-state index in [-0.39, 0.29) is 0 Å². The van der Waals surface area contributed by atoms with Crippen LogP contribution in [0, 0.1) is 5.92 Å². The van der Waals surface area contributed by atoms with Crippen LogP contribution in [0.2, 0.25) is 0 Å². The molecule has 0 aliphatic carbocycles.